The van der Waals surface area contributed by atoms with Crippen LogP contribution in [-0.4, -0.2) is 23.1 Å². The van der Waals surface area contributed by atoms with Crippen LogP contribution in [-0.2, 0) is 16.1 Å². The molecule has 1 aromatic heterocycles. The maximum Gasteiger partial charge on any atom is 0.246 e. The first-order chi connectivity index (χ1) is 7.47. The summed E-state index contributed by atoms with van der Waals surface area (Å²) in [5.74, 6) is -0.124. The van der Waals surface area contributed by atoms with Gasteiger partial charge in [0.05, 0.1) is 17.8 Å². The predicted molar refractivity (Wildman–Crippen MR) is 61.8 cm³/mol. The van der Waals surface area contributed by atoms with Crippen molar-refractivity contribution in [2.75, 3.05) is 6.61 Å². The van der Waals surface area contributed by atoms with Gasteiger partial charge in [0.2, 0.25) is 5.91 Å². The second-order valence-electron chi connectivity index (χ2n) is 4.50. The maximum absolute atomic E-state index is 11.4. The van der Waals surface area contributed by atoms with Gasteiger partial charge in [0.25, 0.3) is 0 Å². The summed E-state index contributed by atoms with van der Waals surface area (Å²) in [7, 11) is 0. The molecule has 4 nitrogen and oxygen atoms in total. The molecule has 4 heteroatoms. The zero-order valence-electron chi connectivity index (χ0n) is 9.99. The minimum atomic E-state index is -0.289. The molecule has 1 aromatic rings. The lowest BCUT2D eigenvalue weighted by Gasteiger charge is -2.18. The third-order valence-electron chi connectivity index (χ3n) is 1.83. The summed E-state index contributed by atoms with van der Waals surface area (Å²) in [4.78, 5) is 15.5. The minimum absolute atomic E-state index is 0.0797. The second kappa shape index (κ2) is 5.61. The molecule has 1 N–H and O–H groups in total. The first kappa shape index (κ1) is 12.6. The molecule has 0 atom stereocenters. The van der Waals surface area contributed by atoms with E-state index in [1.165, 1.54) is 0 Å². The molecule has 1 amide bonds. The third kappa shape index (κ3) is 5.46. The van der Waals surface area contributed by atoms with Crippen LogP contribution in [0.1, 0.15) is 26.5 Å². The van der Waals surface area contributed by atoms with Crippen LogP contribution in [0.15, 0.2) is 24.4 Å². The highest BCUT2D eigenvalue weighted by molar-refractivity contribution is 5.77. The Kier molecular flexibility index (Phi) is 4.43. The fraction of sp³-hybridized carbons (Fsp3) is 0.500. The summed E-state index contributed by atoms with van der Waals surface area (Å²) in [5.41, 5.74) is 0.550. The van der Waals surface area contributed by atoms with E-state index in [-0.39, 0.29) is 18.1 Å². The largest absolute Gasteiger partial charge is 0.366 e. The van der Waals surface area contributed by atoms with E-state index in [1.807, 2.05) is 39.0 Å². The fourth-order valence-electron chi connectivity index (χ4n) is 1.02. The zero-order valence-corrected chi connectivity index (χ0v) is 9.99. The number of carbonyl (C=O) groups excluding carboxylic acids is 1. The number of nitrogens with zero attached hydrogens (tertiary/aromatic N) is 1. The Labute approximate surface area is 96.0 Å². The van der Waals surface area contributed by atoms with E-state index in [1.54, 1.807) is 6.20 Å². The second-order valence-corrected chi connectivity index (χ2v) is 4.50. The number of nitrogens with one attached hydrogen (secondary N) is 1. The van der Waals surface area contributed by atoms with Crippen molar-refractivity contribution in [1.29, 1.82) is 0 Å². The van der Waals surface area contributed by atoms with Crippen molar-refractivity contribution in [1.82, 2.24) is 10.3 Å². The molecule has 0 saturated carbocycles. The van der Waals surface area contributed by atoms with Crippen LogP contribution in [0.4, 0.5) is 0 Å². The Hall–Kier alpha value is -1.42. The van der Waals surface area contributed by atoms with Gasteiger partial charge < -0.3 is 10.1 Å². The lowest BCUT2D eigenvalue weighted by atomic mass is 10.2. The molecule has 0 aliphatic heterocycles. The Morgan fingerprint density at radius 3 is 2.75 bits per heavy atom. The van der Waals surface area contributed by atoms with E-state index in [4.69, 9.17) is 4.74 Å². The van der Waals surface area contributed by atoms with Gasteiger partial charge >= 0.3 is 0 Å². The molecular formula is C12H18N2O2. The lowest BCUT2D eigenvalue weighted by Crippen LogP contribution is -2.31. The van der Waals surface area contributed by atoms with Gasteiger partial charge in [-0.2, -0.15) is 0 Å². The molecule has 1 heterocycles. The van der Waals surface area contributed by atoms with Crippen LogP contribution in [0.2, 0.25) is 0 Å². The molecule has 0 bridgehead atoms. The van der Waals surface area contributed by atoms with E-state index < -0.39 is 0 Å². The van der Waals surface area contributed by atoms with Crippen molar-refractivity contribution in [3.63, 3.8) is 0 Å². The molecular weight excluding hydrogens is 204 g/mol. The van der Waals surface area contributed by atoms with Gasteiger partial charge in [-0.3, -0.25) is 9.78 Å². The number of carbonyl (C=O) groups is 1. The molecule has 1 rings (SSSR count). The summed E-state index contributed by atoms with van der Waals surface area (Å²) in [6, 6.07) is 5.60. The fourth-order valence-corrected chi connectivity index (χ4v) is 1.02. The SMILES string of the molecule is CC(C)(C)OCC(=O)NCc1ccccn1. The van der Waals surface area contributed by atoms with Crippen molar-refractivity contribution in [3.8, 4) is 0 Å². The van der Waals surface area contributed by atoms with E-state index in [0.717, 1.165) is 5.69 Å². The molecule has 88 valence electrons. The van der Waals surface area contributed by atoms with Gasteiger partial charge in [-0.1, -0.05) is 6.07 Å². The summed E-state index contributed by atoms with van der Waals surface area (Å²) in [5, 5.41) is 2.75. The molecule has 0 fully saturated rings. The number of hydrogen-bond acceptors (Lipinski definition) is 3. The van der Waals surface area contributed by atoms with E-state index in [0.29, 0.717) is 6.54 Å². The Balaban J connectivity index is 2.26. The van der Waals surface area contributed by atoms with Crippen molar-refractivity contribution >= 4 is 5.91 Å². The molecule has 0 spiro atoms. The average Bonchev–Trinajstić information content (AvgIpc) is 2.24. The first-order valence-electron chi connectivity index (χ1n) is 5.28. The third-order valence-corrected chi connectivity index (χ3v) is 1.83. The molecule has 0 saturated heterocycles. The Morgan fingerprint density at radius 1 is 1.44 bits per heavy atom. The van der Waals surface area contributed by atoms with Gasteiger partial charge in [0.1, 0.15) is 6.61 Å². The summed E-state index contributed by atoms with van der Waals surface area (Å²) in [6.07, 6.45) is 1.70. The number of amides is 1. The summed E-state index contributed by atoms with van der Waals surface area (Å²) < 4.78 is 5.35. The number of aromatic nitrogens is 1. The number of hydrogen-bond donors (Lipinski definition) is 1. The van der Waals surface area contributed by atoms with Gasteiger partial charge in [-0.05, 0) is 32.9 Å². The minimum Gasteiger partial charge on any atom is -0.366 e. The highest BCUT2D eigenvalue weighted by Gasteiger charge is 2.12. The quantitative estimate of drug-likeness (QED) is 0.840. The van der Waals surface area contributed by atoms with Crippen LogP contribution in [0.25, 0.3) is 0 Å². The smallest absolute Gasteiger partial charge is 0.246 e. The number of rotatable bonds is 4. The Bertz CT molecular complexity index is 331. The monoisotopic (exact) mass is 222 g/mol. The highest BCUT2D eigenvalue weighted by atomic mass is 16.5. The van der Waals surface area contributed by atoms with E-state index in [9.17, 15) is 4.79 Å². The first-order valence-corrected chi connectivity index (χ1v) is 5.28. The van der Waals surface area contributed by atoms with Crippen LogP contribution < -0.4 is 5.32 Å². The maximum atomic E-state index is 11.4. The average molecular weight is 222 g/mol. The summed E-state index contributed by atoms with van der Waals surface area (Å²) >= 11 is 0. The molecule has 0 aromatic carbocycles. The molecule has 0 unspecified atom stereocenters. The van der Waals surface area contributed by atoms with Gasteiger partial charge in [-0.25, -0.2) is 0 Å². The van der Waals surface area contributed by atoms with E-state index >= 15 is 0 Å². The van der Waals surface area contributed by atoms with Gasteiger partial charge in [0, 0.05) is 6.20 Å². The topological polar surface area (TPSA) is 51.2 Å². The predicted octanol–water partition coefficient (Wildman–Crippen LogP) is 1.51. The lowest BCUT2D eigenvalue weighted by molar-refractivity contribution is -0.130. The van der Waals surface area contributed by atoms with Crippen molar-refractivity contribution in [2.45, 2.75) is 32.9 Å². The van der Waals surface area contributed by atoms with Gasteiger partial charge in [0.15, 0.2) is 0 Å². The normalized spacial score (nSPS) is 11.2. The van der Waals surface area contributed by atoms with Crippen molar-refractivity contribution in [3.05, 3.63) is 30.1 Å². The van der Waals surface area contributed by atoms with Crippen LogP contribution in [0, 0.1) is 0 Å². The highest BCUT2D eigenvalue weighted by Crippen LogP contribution is 2.05. The molecule has 0 aliphatic rings. The van der Waals surface area contributed by atoms with Crippen molar-refractivity contribution < 1.29 is 9.53 Å². The van der Waals surface area contributed by atoms with Crippen LogP contribution in [0.5, 0.6) is 0 Å². The molecule has 0 radical (unpaired) electrons. The van der Waals surface area contributed by atoms with E-state index in [2.05, 4.69) is 10.3 Å². The molecule has 16 heavy (non-hydrogen) atoms. The number of ether oxygens (including phenoxy) is 1. The number of pyridine rings is 1. The van der Waals surface area contributed by atoms with Crippen LogP contribution in [0.3, 0.4) is 0 Å². The standard InChI is InChI=1S/C12H18N2O2/c1-12(2,3)16-9-11(15)14-8-10-6-4-5-7-13-10/h4-7H,8-9H2,1-3H3,(H,14,15). The zero-order chi connectivity index (χ0) is 12.0. The Morgan fingerprint density at radius 2 is 2.19 bits per heavy atom. The molecule has 0 aliphatic carbocycles. The van der Waals surface area contributed by atoms with Gasteiger partial charge in [-0.15, -0.1) is 0 Å². The van der Waals surface area contributed by atoms with Crippen LogP contribution >= 0.6 is 0 Å². The van der Waals surface area contributed by atoms with Crippen molar-refractivity contribution in [2.24, 2.45) is 0 Å². The summed E-state index contributed by atoms with van der Waals surface area (Å²) in [6.45, 7) is 6.26.